The standard InChI is InChI=1S/C22H36O2/c1-3-17-5-10-19(11-6-17)20-12-7-18(8-13-20)9-15-21-14-4-16(2)22(23)24-21/h3,16-21H,1,4-15H2,2H3. The Kier molecular flexibility index (Phi) is 6.41. The van der Waals surface area contributed by atoms with Gasteiger partial charge in [0.05, 0.1) is 5.92 Å². The molecule has 0 aromatic carbocycles. The first-order valence-corrected chi connectivity index (χ1v) is 10.5. The molecule has 2 saturated carbocycles. The Balaban J connectivity index is 1.34. The van der Waals surface area contributed by atoms with Crippen LogP contribution < -0.4 is 0 Å². The molecule has 0 bridgehead atoms. The van der Waals surface area contributed by atoms with Crippen LogP contribution >= 0.6 is 0 Å². The van der Waals surface area contributed by atoms with Crippen LogP contribution in [0.5, 0.6) is 0 Å². The minimum Gasteiger partial charge on any atom is -0.462 e. The zero-order valence-electron chi connectivity index (χ0n) is 15.6. The normalized spacial score (nSPS) is 40.8. The van der Waals surface area contributed by atoms with Crippen LogP contribution in [0.15, 0.2) is 12.7 Å². The van der Waals surface area contributed by atoms with Crippen LogP contribution in [0.2, 0.25) is 0 Å². The zero-order chi connectivity index (χ0) is 16.9. The lowest BCUT2D eigenvalue weighted by Crippen LogP contribution is -2.30. The first kappa shape index (κ1) is 18.0. The molecule has 1 saturated heterocycles. The number of rotatable bonds is 5. The van der Waals surface area contributed by atoms with E-state index in [9.17, 15) is 4.79 Å². The van der Waals surface area contributed by atoms with Gasteiger partial charge in [0, 0.05) is 0 Å². The molecule has 0 aromatic heterocycles. The van der Waals surface area contributed by atoms with Crippen molar-refractivity contribution in [1.29, 1.82) is 0 Å². The molecule has 3 aliphatic rings. The number of hydrogen-bond donors (Lipinski definition) is 0. The van der Waals surface area contributed by atoms with Gasteiger partial charge < -0.3 is 4.74 Å². The van der Waals surface area contributed by atoms with Crippen LogP contribution in [-0.2, 0) is 9.53 Å². The van der Waals surface area contributed by atoms with Crippen molar-refractivity contribution in [2.75, 3.05) is 0 Å². The number of carbonyl (C=O) groups excluding carboxylic acids is 1. The smallest absolute Gasteiger partial charge is 0.308 e. The van der Waals surface area contributed by atoms with E-state index >= 15 is 0 Å². The van der Waals surface area contributed by atoms with Gasteiger partial charge in [-0.3, -0.25) is 4.79 Å². The Labute approximate surface area is 148 Å². The van der Waals surface area contributed by atoms with Gasteiger partial charge in [-0.1, -0.05) is 25.8 Å². The molecule has 0 amide bonds. The lowest BCUT2D eigenvalue weighted by atomic mass is 9.68. The Morgan fingerprint density at radius 3 is 2.12 bits per heavy atom. The summed E-state index contributed by atoms with van der Waals surface area (Å²) in [5.41, 5.74) is 0. The number of ether oxygens (including phenoxy) is 1. The molecule has 2 unspecified atom stereocenters. The van der Waals surface area contributed by atoms with Crippen molar-refractivity contribution in [2.24, 2.45) is 29.6 Å². The van der Waals surface area contributed by atoms with E-state index in [1.54, 1.807) is 0 Å². The van der Waals surface area contributed by atoms with E-state index in [0.717, 1.165) is 42.9 Å². The lowest BCUT2D eigenvalue weighted by molar-refractivity contribution is -0.160. The van der Waals surface area contributed by atoms with E-state index in [1.807, 2.05) is 6.92 Å². The lowest BCUT2D eigenvalue weighted by Gasteiger charge is -2.37. The minimum atomic E-state index is 0.0325. The SMILES string of the molecule is C=CC1CCC(C2CCC(CCC3CCC(C)C(=O)O3)CC2)CC1. The summed E-state index contributed by atoms with van der Waals surface area (Å²) in [4.78, 5) is 11.7. The van der Waals surface area contributed by atoms with Crippen LogP contribution in [0.4, 0.5) is 0 Å². The summed E-state index contributed by atoms with van der Waals surface area (Å²) in [5, 5.41) is 0. The van der Waals surface area contributed by atoms with Gasteiger partial charge in [0.2, 0.25) is 0 Å². The Hall–Kier alpha value is -0.790. The molecule has 2 heteroatoms. The van der Waals surface area contributed by atoms with E-state index < -0.39 is 0 Å². The summed E-state index contributed by atoms with van der Waals surface area (Å²) in [6.45, 7) is 5.96. The molecule has 0 radical (unpaired) electrons. The van der Waals surface area contributed by atoms with E-state index in [0.29, 0.717) is 0 Å². The van der Waals surface area contributed by atoms with Gasteiger partial charge in [0.1, 0.15) is 6.10 Å². The highest BCUT2D eigenvalue weighted by molar-refractivity contribution is 5.72. The van der Waals surface area contributed by atoms with Crippen LogP contribution in [-0.4, -0.2) is 12.1 Å². The third kappa shape index (κ3) is 4.64. The summed E-state index contributed by atoms with van der Waals surface area (Å²) < 4.78 is 5.58. The highest BCUT2D eigenvalue weighted by Gasteiger charge is 2.31. The fraction of sp³-hybridized carbons (Fsp3) is 0.864. The van der Waals surface area contributed by atoms with E-state index in [2.05, 4.69) is 12.7 Å². The molecule has 2 nitrogen and oxygen atoms in total. The second-order valence-electron chi connectivity index (χ2n) is 8.81. The Morgan fingerprint density at radius 2 is 1.54 bits per heavy atom. The Morgan fingerprint density at radius 1 is 0.917 bits per heavy atom. The van der Waals surface area contributed by atoms with Gasteiger partial charge in [0.15, 0.2) is 0 Å². The van der Waals surface area contributed by atoms with E-state index in [4.69, 9.17) is 4.74 Å². The van der Waals surface area contributed by atoms with E-state index in [1.165, 1.54) is 57.8 Å². The molecule has 3 fully saturated rings. The molecule has 3 rings (SSSR count). The molecule has 2 aliphatic carbocycles. The van der Waals surface area contributed by atoms with Crippen molar-refractivity contribution in [3.63, 3.8) is 0 Å². The highest BCUT2D eigenvalue weighted by Crippen LogP contribution is 2.42. The van der Waals surface area contributed by atoms with Crippen molar-refractivity contribution in [2.45, 2.75) is 90.1 Å². The van der Waals surface area contributed by atoms with Gasteiger partial charge >= 0.3 is 5.97 Å². The predicted octanol–water partition coefficient (Wildman–Crippen LogP) is 5.91. The van der Waals surface area contributed by atoms with Gasteiger partial charge in [-0.25, -0.2) is 0 Å². The topological polar surface area (TPSA) is 26.3 Å². The molecule has 0 N–H and O–H groups in total. The van der Waals surface area contributed by atoms with Crippen LogP contribution in [0.25, 0.3) is 0 Å². The van der Waals surface area contributed by atoms with Gasteiger partial charge in [0.25, 0.3) is 0 Å². The van der Waals surface area contributed by atoms with Crippen molar-refractivity contribution < 1.29 is 9.53 Å². The van der Waals surface area contributed by atoms with Crippen LogP contribution in [0.1, 0.15) is 84.0 Å². The molecule has 0 spiro atoms. The number of cyclic esters (lactones) is 1. The third-order valence-electron chi connectivity index (χ3n) is 7.21. The summed E-state index contributed by atoms with van der Waals surface area (Å²) in [7, 11) is 0. The van der Waals surface area contributed by atoms with Crippen LogP contribution in [0.3, 0.4) is 0 Å². The highest BCUT2D eigenvalue weighted by atomic mass is 16.5. The monoisotopic (exact) mass is 332 g/mol. The van der Waals surface area contributed by atoms with Crippen molar-refractivity contribution in [3.05, 3.63) is 12.7 Å². The second-order valence-corrected chi connectivity index (χ2v) is 8.81. The summed E-state index contributed by atoms with van der Waals surface area (Å²) >= 11 is 0. The number of hydrogen-bond acceptors (Lipinski definition) is 2. The fourth-order valence-corrected chi connectivity index (χ4v) is 5.32. The van der Waals surface area contributed by atoms with Gasteiger partial charge in [-0.05, 0) is 87.9 Å². The fourth-order valence-electron chi connectivity index (χ4n) is 5.32. The summed E-state index contributed by atoms with van der Waals surface area (Å²) in [6, 6.07) is 0. The third-order valence-corrected chi connectivity index (χ3v) is 7.21. The molecular weight excluding hydrogens is 296 g/mol. The second kappa shape index (κ2) is 8.54. The maximum Gasteiger partial charge on any atom is 0.308 e. The largest absolute Gasteiger partial charge is 0.462 e. The minimum absolute atomic E-state index is 0.0325. The van der Waals surface area contributed by atoms with E-state index in [-0.39, 0.29) is 18.0 Å². The molecule has 136 valence electrons. The van der Waals surface area contributed by atoms with Crippen molar-refractivity contribution in [1.82, 2.24) is 0 Å². The quantitative estimate of drug-likeness (QED) is 0.462. The molecule has 2 atom stereocenters. The molecule has 1 heterocycles. The average Bonchev–Trinajstić information content (AvgIpc) is 2.63. The average molecular weight is 333 g/mol. The summed E-state index contributed by atoms with van der Waals surface area (Å²) in [5.74, 6) is 3.79. The first-order valence-electron chi connectivity index (χ1n) is 10.5. The predicted molar refractivity (Wildman–Crippen MR) is 98.6 cm³/mol. The number of allylic oxidation sites excluding steroid dienone is 1. The molecular formula is C22H36O2. The number of esters is 1. The van der Waals surface area contributed by atoms with Gasteiger partial charge in [-0.15, -0.1) is 6.58 Å². The molecule has 24 heavy (non-hydrogen) atoms. The first-order chi connectivity index (χ1) is 11.7. The van der Waals surface area contributed by atoms with Crippen LogP contribution in [0, 0.1) is 29.6 Å². The number of carbonyl (C=O) groups is 1. The van der Waals surface area contributed by atoms with Crippen molar-refractivity contribution in [3.8, 4) is 0 Å². The van der Waals surface area contributed by atoms with Gasteiger partial charge in [-0.2, -0.15) is 0 Å². The molecule has 1 aliphatic heterocycles. The van der Waals surface area contributed by atoms with Crippen molar-refractivity contribution >= 4 is 5.97 Å². The maximum atomic E-state index is 11.7. The zero-order valence-corrected chi connectivity index (χ0v) is 15.6. The Bertz CT molecular complexity index is 414. The molecule has 0 aromatic rings. The summed E-state index contributed by atoms with van der Waals surface area (Å²) in [6.07, 6.45) is 18.1. The maximum absolute atomic E-state index is 11.7.